The Labute approximate surface area is 148 Å². The van der Waals surface area contributed by atoms with E-state index in [2.05, 4.69) is 11.3 Å². The average Bonchev–Trinajstić information content (AvgIpc) is 2.62. The molecule has 6 nitrogen and oxygen atoms in total. The van der Waals surface area contributed by atoms with Gasteiger partial charge >= 0.3 is 11.9 Å². The lowest BCUT2D eigenvalue weighted by Crippen LogP contribution is -2.07. The molecule has 0 aliphatic carbocycles. The summed E-state index contributed by atoms with van der Waals surface area (Å²) in [4.78, 5) is 22.8. The third-order valence-corrected chi connectivity index (χ3v) is 3.29. The van der Waals surface area contributed by atoms with E-state index in [1.807, 2.05) is 0 Å². The van der Waals surface area contributed by atoms with E-state index in [4.69, 9.17) is 14.2 Å². The highest BCUT2D eigenvalue weighted by Gasteiger charge is 2.06. The quantitative estimate of drug-likeness (QED) is 0.249. The Morgan fingerprint density at radius 1 is 0.960 bits per heavy atom. The first kappa shape index (κ1) is 20.7. The summed E-state index contributed by atoms with van der Waals surface area (Å²) in [6.07, 6.45) is 3.70. The lowest BCUT2D eigenvalue weighted by atomic mass is 10.2. The van der Waals surface area contributed by atoms with E-state index in [9.17, 15) is 9.59 Å². The highest BCUT2D eigenvalue weighted by molar-refractivity contribution is 5.89. The van der Waals surface area contributed by atoms with Crippen LogP contribution in [0.25, 0.3) is 0 Å². The van der Waals surface area contributed by atoms with Crippen molar-refractivity contribution in [1.82, 2.24) is 0 Å². The molecule has 0 amide bonds. The van der Waals surface area contributed by atoms with E-state index in [1.54, 1.807) is 31.2 Å². The van der Waals surface area contributed by atoms with E-state index < -0.39 is 5.97 Å². The van der Waals surface area contributed by atoms with E-state index in [1.165, 1.54) is 7.11 Å². The molecule has 6 heteroatoms. The topological polar surface area (TPSA) is 71.1 Å². The van der Waals surface area contributed by atoms with Gasteiger partial charge in [0.05, 0.1) is 18.8 Å². The zero-order valence-corrected chi connectivity index (χ0v) is 14.9. The first-order chi connectivity index (χ1) is 12.0. The number of carbonyl (C=O) groups is 2. The van der Waals surface area contributed by atoms with Crippen LogP contribution in [0, 0.1) is 0 Å². The molecule has 0 N–H and O–H groups in total. The van der Waals surface area contributed by atoms with Crippen LogP contribution in [0.2, 0.25) is 0 Å². The van der Waals surface area contributed by atoms with Crippen LogP contribution in [0.3, 0.4) is 0 Å². The van der Waals surface area contributed by atoms with Gasteiger partial charge in [0, 0.05) is 12.7 Å². The second-order valence-electron chi connectivity index (χ2n) is 5.54. The molecule has 0 radical (unpaired) electrons. The standard InChI is InChI=1S/C19H26O6/c1-15(2)18(20)24-13-7-5-4-6-12-23-17-10-8-16(9-11-17)19(21)25-14-22-3/h8-11H,1,4-7,12-14H2,2-3H3. The van der Waals surface area contributed by atoms with Crippen molar-refractivity contribution in [2.75, 3.05) is 27.1 Å². The monoisotopic (exact) mass is 350 g/mol. The molecule has 0 saturated carbocycles. The molecule has 0 fully saturated rings. The highest BCUT2D eigenvalue weighted by atomic mass is 16.7. The number of methoxy groups -OCH3 is 1. The van der Waals surface area contributed by atoms with Crippen molar-refractivity contribution >= 4 is 11.9 Å². The number of carbonyl (C=O) groups excluding carboxylic acids is 2. The van der Waals surface area contributed by atoms with Crippen molar-refractivity contribution in [3.05, 3.63) is 42.0 Å². The van der Waals surface area contributed by atoms with Gasteiger partial charge in [0.25, 0.3) is 0 Å². The lowest BCUT2D eigenvalue weighted by Gasteiger charge is -2.08. The molecule has 0 atom stereocenters. The molecular formula is C19H26O6. The smallest absolute Gasteiger partial charge is 0.340 e. The number of hydrogen-bond donors (Lipinski definition) is 0. The number of hydrogen-bond acceptors (Lipinski definition) is 6. The Morgan fingerprint density at radius 3 is 2.20 bits per heavy atom. The predicted molar refractivity (Wildman–Crippen MR) is 93.5 cm³/mol. The van der Waals surface area contributed by atoms with Gasteiger partial charge in [0.2, 0.25) is 0 Å². The van der Waals surface area contributed by atoms with Crippen molar-refractivity contribution in [2.45, 2.75) is 32.6 Å². The molecular weight excluding hydrogens is 324 g/mol. The minimum absolute atomic E-state index is 0.0660. The van der Waals surface area contributed by atoms with Crippen molar-refractivity contribution in [1.29, 1.82) is 0 Å². The van der Waals surface area contributed by atoms with E-state index in [0.717, 1.165) is 25.7 Å². The first-order valence-corrected chi connectivity index (χ1v) is 8.26. The van der Waals surface area contributed by atoms with Crippen LogP contribution < -0.4 is 4.74 Å². The molecule has 0 bridgehead atoms. The molecule has 1 rings (SSSR count). The average molecular weight is 350 g/mol. The molecule has 0 saturated heterocycles. The van der Waals surface area contributed by atoms with Crippen molar-refractivity contribution < 1.29 is 28.5 Å². The number of ether oxygens (including phenoxy) is 4. The number of rotatable bonds is 12. The van der Waals surface area contributed by atoms with Gasteiger partial charge in [-0.3, -0.25) is 0 Å². The maximum absolute atomic E-state index is 11.6. The van der Waals surface area contributed by atoms with Gasteiger partial charge in [-0.05, 0) is 56.9 Å². The second kappa shape index (κ2) is 12.1. The zero-order valence-electron chi connectivity index (χ0n) is 14.9. The van der Waals surface area contributed by atoms with Gasteiger partial charge in [-0.1, -0.05) is 6.58 Å². The van der Waals surface area contributed by atoms with Crippen molar-refractivity contribution in [3.63, 3.8) is 0 Å². The molecule has 1 aromatic carbocycles. The second-order valence-corrected chi connectivity index (χ2v) is 5.54. The summed E-state index contributed by atoms with van der Waals surface area (Å²) >= 11 is 0. The van der Waals surface area contributed by atoms with Gasteiger partial charge in [-0.25, -0.2) is 9.59 Å². The Morgan fingerprint density at radius 2 is 1.60 bits per heavy atom. The summed E-state index contributed by atoms with van der Waals surface area (Å²) in [5.74, 6) is -0.0580. The highest BCUT2D eigenvalue weighted by Crippen LogP contribution is 2.14. The SMILES string of the molecule is C=C(C)C(=O)OCCCCCCOc1ccc(C(=O)OCOC)cc1. The molecule has 0 aromatic heterocycles. The normalized spacial score (nSPS) is 10.2. The number of benzene rings is 1. The lowest BCUT2D eigenvalue weighted by molar-refractivity contribution is -0.139. The molecule has 0 unspecified atom stereocenters. The van der Waals surface area contributed by atoms with Crippen molar-refractivity contribution in [2.24, 2.45) is 0 Å². The van der Waals surface area contributed by atoms with Crippen LogP contribution in [0.15, 0.2) is 36.4 Å². The molecule has 0 aliphatic rings. The van der Waals surface area contributed by atoms with Crippen LogP contribution in [0.1, 0.15) is 43.0 Å². The molecule has 0 aliphatic heterocycles. The minimum atomic E-state index is -0.430. The molecule has 138 valence electrons. The largest absolute Gasteiger partial charge is 0.494 e. The Hall–Kier alpha value is -2.34. The summed E-state index contributed by atoms with van der Waals surface area (Å²) in [6, 6.07) is 6.79. The maximum Gasteiger partial charge on any atom is 0.340 e. The Bertz CT molecular complexity index is 550. The summed E-state index contributed by atoms with van der Waals surface area (Å²) in [7, 11) is 1.46. The molecule has 25 heavy (non-hydrogen) atoms. The minimum Gasteiger partial charge on any atom is -0.494 e. The van der Waals surface area contributed by atoms with Crippen LogP contribution in [0.5, 0.6) is 5.75 Å². The van der Waals surface area contributed by atoms with Crippen LogP contribution >= 0.6 is 0 Å². The fraction of sp³-hybridized carbons (Fsp3) is 0.474. The fourth-order valence-corrected chi connectivity index (χ4v) is 1.92. The van der Waals surface area contributed by atoms with Crippen LogP contribution in [-0.2, 0) is 19.0 Å². The molecule has 1 aromatic rings. The maximum atomic E-state index is 11.6. The van der Waals surface area contributed by atoms with Gasteiger partial charge in [-0.15, -0.1) is 0 Å². The number of esters is 2. The molecule has 0 heterocycles. The fourth-order valence-electron chi connectivity index (χ4n) is 1.92. The van der Waals surface area contributed by atoms with Gasteiger partial charge in [0.15, 0.2) is 6.79 Å². The molecule has 0 spiro atoms. The van der Waals surface area contributed by atoms with Gasteiger partial charge in [0.1, 0.15) is 5.75 Å². The first-order valence-electron chi connectivity index (χ1n) is 8.26. The number of unbranched alkanes of at least 4 members (excludes halogenated alkanes) is 3. The zero-order chi connectivity index (χ0) is 18.5. The third-order valence-electron chi connectivity index (χ3n) is 3.29. The van der Waals surface area contributed by atoms with Gasteiger partial charge in [-0.2, -0.15) is 0 Å². The Balaban J connectivity index is 2.11. The van der Waals surface area contributed by atoms with E-state index in [0.29, 0.717) is 30.1 Å². The van der Waals surface area contributed by atoms with Crippen LogP contribution in [-0.4, -0.2) is 39.1 Å². The van der Waals surface area contributed by atoms with E-state index in [-0.39, 0.29) is 12.8 Å². The predicted octanol–water partition coefficient (Wildman–Crippen LogP) is 3.51. The van der Waals surface area contributed by atoms with Crippen molar-refractivity contribution in [3.8, 4) is 5.75 Å². The summed E-state index contributed by atoms with van der Waals surface area (Å²) < 4.78 is 20.2. The summed E-state index contributed by atoms with van der Waals surface area (Å²) in [5.41, 5.74) is 0.875. The third kappa shape index (κ3) is 8.91. The summed E-state index contributed by atoms with van der Waals surface area (Å²) in [5, 5.41) is 0. The van der Waals surface area contributed by atoms with Gasteiger partial charge < -0.3 is 18.9 Å². The summed E-state index contributed by atoms with van der Waals surface area (Å²) in [6.45, 7) is 6.12. The van der Waals surface area contributed by atoms with E-state index >= 15 is 0 Å². The van der Waals surface area contributed by atoms with Crippen LogP contribution in [0.4, 0.5) is 0 Å². The Kier molecular flexibility index (Phi) is 10.0.